The van der Waals surface area contributed by atoms with Crippen LogP contribution in [-0.4, -0.2) is 5.97 Å². The first-order valence-electron chi connectivity index (χ1n) is 10.6. The van der Waals surface area contributed by atoms with Gasteiger partial charge in [0, 0.05) is 0 Å². The number of nitriles is 1. The molecule has 1 saturated carbocycles. The van der Waals surface area contributed by atoms with Crippen LogP contribution in [0.3, 0.4) is 0 Å². The fourth-order valence-corrected chi connectivity index (χ4v) is 4.21. The second kappa shape index (κ2) is 10.1. The number of rotatable bonds is 7. The van der Waals surface area contributed by atoms with Gasteiger partial charge in [0.15, 0.2) is 0 Å². The summed E-state index contributed by atoms with van der Waals surface area (Å²) in [7, 11) is 0. The number of carbonyl (C=O) groups is 1. The Bertz CT molecular complexity index is 827. The highest BCUT2D eigenvalue weighted by Gasteiger charge is 2.25. The van der Waals surface area contributed by atoms with Crippen LogP contribution in [-0.2, 0) is 6.42 Å². The highest BCUT2D eigenvalue weighted by Crippen LogP contribution is 2.37. The summed E-state index contributed by atoms with van der Waals surface area (Å²) < 4.78 is 5.66. The van der Waals surface area contributed by atoms with Gasteiger partial charge >= 0.3 is 5.97 Å². The van der Waals surface area contributed by atoms with Crippen molar-refractivity contribution in [1.82, 2.24) is 0 Å². The van der Waals surface area contributed by atoms with Crippen LogP contribution in [0.15, 0.2) is 42.5 Å². The largest absolute Gasteiger partial charge is 0.423 e. The zero-order chi connectivity index (χ0) is 19.8. The summed E-state index contributed by atoms with van der Waals surface area (Å²) in [6.07, 6.45) is 10.7. The highest BCUT2D eigenvalue weighted by atomic mass is 16.5. The number of esters is 1. The molecule has 0 unspecified atom stereocenters. The van der Waals surface area contributed by atoms with Gasteiger partial charge in [-0.1, -0.05) is 51.2 Å². The van der Waals surface area contributed by atoms with E-state index < -0.39 is 0 Å². The first kappa shape index (κ1) is 20.1. The minimum absolute atomic E-state index is 0.289. The maximum Gasteiger partial charge on any atom is 0.343 e. The van der Waals surface area contributed by atoms with Gasteiger partial charge in [-0.25, -0.2) is 4.79 Å². The first-order valence-corrected chi connectivity index (χ1v) is 10.6. The lowest BCUT2D eigenvalue weighted by atomic mass is 9.79. The molecule has 0 aliphatic heterocycles. The molecule has 2 aromatic carbocycles. The van der Waals surface area contributed by atoms with Crippen molar-refractivity contribution in [1.29, 1.82) is 5.26 Å². The minimum atomic E-state index is -0.289. The molecule has 1 fully saturated rings. The molecule has 0 bridgehead atoms. The van der Waals surface area contributed by atoms with Crippen molar-refractivity contribution >= 4 is 5.97 Å². The Morgan fingerprint density at radius 2 is 1.82 bits per heavy atom. The molecule has 1 aliphatic rings. The first-order chi connectivity index (χ1) is 13.7. The molecule has 3 nitrogen and oxygen atoms in total. The standard InChI is InChI=1S/C25H29NO2/c1-2-3-5-9-21-12-8-13-23(24(21)20-10-6-4-7-11-20)25(27)28-22-16-14-19(18-26)15-17-22/h8,12-17,20H,2-7,9-11H2,1H3. The van der Waals surface area contributed by atoms with Crippen molar-refractivity contribution in [2.24, 2.45) is 0 Å². The number of hydrogen-bond donors (Lipinski definition) is 0. The lowest BCUT2D eigenvalue weighted by Crippen LogP contribution is -2.17. The molecule has 0 spiro atoms. The zero-order valence-electron chi connectivity index (χ0n) is 16.7. The van der Waals surface area contributed by atoms with Gasteiger partial charge in [-0.2, -0.15) is 5.26 Å². The fourth-order valence-electron chi connectivity index (χ4n) is 4.21. The van der Waals surface area contributed by atoms with Crippen LogP contribution in [0.25, 0.3) is 0 Å². The van der Waals surface area contributed by atoms with Crippen LogP contribution >= 0.6 is 0 Å². The molecule has 0 aromatic heterocycles. The van der Waals surface area contributed by atoms with E-state index in [0.29, 0.717) is 22.8 Å². The van der Waals surface area contributed by atoms with E-state index in [9.17, 15) is 4.79 Å². The predicted octanol–water partition coefficient (Wildman–Crippen LogP) is 6.56. The lowest BCUT2D eigenvalue weighted by molar-refractivity contribution is 0.0732. The smallest absolute Gasteiger partial charge is 0.343 e. The number of benzene rings is 2. The fraction of sp³-hybridized carbons (Fsp3) is 0.440. The summed E-state index contributed by atoms with van der Waals surface area (Å²) in [5.74, 6) is 0.646. The molecule has 3 rings (SSSR count). The Morgan fingerprint density at radius 1 is 1.07 bits per heavy atom. The Labute approximate surface area is 168 Å². The summed E-state index contributed by atoms with van der Waals surface area (Å²) in [4.78, 5) is 13.0. The van der Waals surface area contributed by atoms with Crippen LogP contribution in [0.2, 0.25) is 0 Å². The van der Waals surface area contributed by atoms with E-state index in [-0.39, 0.29) is 5.97 Å². The third-order valence-corrected chi connectivity index (χ3v) is 5.67. The van der Waals surface area contributed by atoms with E-state index in [1.165, 1.54) is 43.2 Å². The van der Waals surface area contributed by atoms with Crippen molar-refractivity contribution in [3.8, 4) is 11.8 Å². The molecule has 0 amide bonds. The second-order valence-electron chi connectivity index (χ2n) is 7.70. The normalized spacial score (nSPS) is 14.4. The summed E-state index contributed by atoms with van der Waals surface area (Å²) in [5, 5.41) is 8.93. The maximum atomic E-state index is 13.0. The van der Waals surface area contributed by atoms with Crippen molar-refractivity contribution in [3.63, 3.8) is 0 Å². The number of nitrogens with zero attached hydrogens (tertiary/aromatic N) is 1. The SMILES string of the molecule is CCCCCc1cccc(C(=O)Oc2ccc(C#N)cc2)c1C1CCCCC1. The third-order valence-electron chi connectivity index (χ3n) is 5.67. The number of carbonyl (C=O) groups excluding carboxylic acids is 1. The van der Waals surface area contributed by atoms with Gasteiger partial charge in [-0.3, -0.25) is 0 Å². The Kier molecular flexibility index (Phi) is 7.25. The molecule has 146 valence electrons. The molecule has 0 atom stereocenters. The van der Waals surface area contributed by atoms with Gasteiger partial charge in [-0.15, -0.1) is 0 Å². The topological polar surface area (TPSA) is 50.1 Å². The summed E-state index contributed by atoms with van der Waals surface area (Å²) in [6, 6.07) is 14.9. The summed E-state index contributed by atoms with van der Waals surface area (Å²) in [5.41, 5.74) is 3.80. The van der Waals surface area contributed by atoms with Crippen LogP contribution in [0.4, 0.5) is 0 Å². The molecule has 2 aromatic rings. The average Bonchev–Trinajstić information content (AvgIpc) is 2.75. The quantitative estimate of drug-likeness (QED) is 0.313. The van der Waals surface area contributed by atoms with Crippen LogP contribution in [0.1, 0.15) is 91.3 Å². The zero-order valence-corrected chi connectivity index (χ0v) is 16.7. The van der Waals surface area contributed by atoms with Crippen LogP contribution < -0.4 is 4.74 Å². The Balaban J connectivity index is 1.87. The average molecular weight is 376 g/mol. The molecule has 0 radical (unpaired) electrons. The molecule has 28 heavy (non-hydrogen) atoms. The number of hydrogen-bond acceptors (Lipinski definition) is 3. The van der Waals surface area contributed by atoms with Crippen molar-refractivity contribution in [2.75, 3.05) is 0 Å². The molecule has 3 heteroatoms. The van der Waals surface area contributed by atoms with Gasteiger partial charge < -0.3 is 4.74 Å². The van der Waals surface area contributed by atoms with E-state index in [1.54, 1.807) is 24.3 Å². The Morgan fingerprint density at radius 3 is 2.50 bits per heavy atom. The minimum Gasteiger partial charge on any atom is -0.423 e. The van der Waals surface area contributed by atoms with Gasteiger partial charge in [0.05, 0.1) is 17.2 Å². The summed E-state index contributed by atoms with van der Waals surface area (Å²) in [6.45, 7) is 2.22. The number of aryl methyl sites for hydroxylation is 1. The van der Waals surface area contributed by atoms with Gasteiger partial charge in [0.2, 0.25) is 0 Å². The van der Waals surface area contributed by atoms with Gasteiger partial charge in [0.25, 0.3) is 0 Å². The molecule has 0 saturated heterocycles. The molecular weight excluding hydrogens is 346 g/mol. The van der Waals surface area contributed by atoms with Crippen LogP contribution in [0.5, 0.6) is 5.75 Å². The lowest BCUT2D eigenvalue weighted by Gasteiger charge is -2.26. The maximum absolute atomic E-state index is 13.0. The highest BCUT2D eigenvalue weighted by molar-refractivity contribution is 5.93. The second-order valence-corrected chi connectivity index (χ2v) is 7.70. The van der Waals surface area contributed by atoms with Crippen molar-refractivity contribution < 1.29 is 9.53 Å². The molecular formula is C25H29NO2. The van der Waals surface area contributed by atoms with E-state index in [2.05, 4.69) is 19.1 Å². The molecule has 0 heterocycles. The number of unbranched alkanes of at least 4 members (excludes halogenated alkanes) is 2. The van der Waals surface area contributed by atoms with Gasteiger partial charge in [0.1, 0.15) is 5.75 Å². The van der Waals surface area contributed by atoms with Crippen molar-refractivity contribution in [2.45, 2.75) is 70.6 Å². The Hall–Kier alpha value is -2.60. The monoisotopic (exact) mass is 375 g/mol. The summed E-state index contributed by atoms with van der Waals surface area (Å²) >= 11 is 0. The van der Waals surface area contributed by atoms with Gasteiger partial charge in [-0.05, 0) is 73.1 Å². The van der Waals surface area contributed by atoms with E-state index in [1.807, 2.05) is 12.1 Å². The van der Waals surface area contributed by atoms with E-state index in [4.69, 9.17) is 10.00 Å². The predicted molar refractivity (Wildman–Crippen MR) is 112 cm³/mol. The third kappa shape index (κ3) is 5.01. The van der Waals surface area contributed by atoms with E-state index in [0.717, 1.165) is 25.7 Å². The number of ether oxygens (including phenoxy) is 1. The van der Waals surface area contributed by atoms with E-state index >= 15 is 0 Å². The van der Waals surface area contributed by atoms with Crippen molar-refractivity contribution in [3.05, 3.63) is 64.7 Å². The van der Waals surface area contributed by atoms with Crippen LogP contribution in [0, 0.1) is 11.3 Å². The molecule has 0 N–H and O–H groups in total. The molecule has 1 aliphatic carbocycles.